The molecule has 160 valence electrons. The molecular weight excluding hydrogens is 406 g/mol. The minimum absolute atomic E-state index is 0.238. The van der Waals surface area contributed by atoms with E-state index < -0.39 is 0 Å². The number of benzene rings is 3. The van der Waals surface area contributed by atoms with Crippen LogP contribution in [0.5, 0.6) is 5.75 Å². The Morgan fingerprint density at radius 1 is 0.909 bits per heavy atom. The van der Waals surface area contributed by atoms with Gasteiger partial charge in [-0.2, -0.15) is 10.5 Å². The number of aromatic hydroxyl groups is 1. The van der Waals surface area contributed by atoms with Gasteiger partial charge in [0.05, 0.1) is 23.3 Å². The number of nitriles is 2. The van der Waals surface area contributed by atoms with E-state index in [-0.39, 0.29) is 5.75 Å². The van der Waals surface area contributed by atoms with Gasteiger partial charge in [0.1, 0.15) is 5.75 Å². The highest BCUT2D eigenvalue weighted by atomic mass is 16.3. The van der Waals surface area contributed by atoms with Crippen molar-refractivity contribution in [1.29, 1.82) is 10.5 Å². The molecule has 1 aliphatic rings. The second-order valence-electron chi connectivity index (χ2n) is 8.03. The van der Waals surface area contributed by atoms with Gasteiger partial charge in [-0.3, -0.25) is 0 Å². The Bertz CT molecular complexity index is 1320. The van der Waals surface area contributed by atoms with Crippen LogP contribution in [0, 0.1) is 28.6 Å². The topological polar surface area (TPSA) is 71.0 Å². The summed E-state index contributed by atoms with van der Waals surface area (Å²) < 4.78 is 0. The van der Waals surface area contributed by atoms with Gasteiger partial charge in [0.15, 0.2) is 0 Å². The molecule has 33 heavy (non-hydrogen) atoms. The molecule has 1 N–H and O–H groups in total. The lowest BCUT2D eigenvalue weighted by atomic mass is 9.98. The highest BCUT2D eigenvalue weighted by molar-refractivity contribution is 5.75. The molecule has 1 aliphatic carbocycles. The predicted octanol–water partition coefficient (Wildman–Crippen LogP) is 6.92. The Kier molecular flexibility index (Phi) is 6.39. The summed E-state index contributed by atoms with van der Waals surface area (Å²) in [5.74, 6) is 0.688. The largest absolute Gasteiger partial charge is 0.508 e. The summed E-state index contributed by atoms with van der Waals surface area (Å²) in [6, 6.07) is 24.7. The third-order valence-corrected chi connectivity index (χ3v) is 5.56. The highest BCUT2D eigenvalue weighted by Crippen LogP contribution is 2.35. The molecule has 0 radical (unpaired) electrons. The third kappa shape index (κ3) is 5.03. The summed E-state index contributed by atoms with van der Waals surface area (Å²) in [7, 11) is 0. The van der Waals surface area contributed by atoms with E-state index in [0.29, 0.717) is 17.0 Å². The smallest absolute Gasteiger partial charge is 0.115 e. The molecule has 1 atom stereocenters. The summed E-state index contributed by atoms with van der Waals surface area (Å²) in [6.07, 6.45) is 11.1. The number of phenolic OH excluding ortho intramolecular Hbond substituents is 1. The molecule has 0 saturated heterocycles. The number of rotatable bonds is 5. The van der Waals surface area contributed by atoms with Crippen molar-refractivity contribution < 1.29 is 5.11 Å². The van der Waals surface area contributed by atoms with Crippen LogP contribution >= 0.6 is 0 Å². The standard InChI is InChI=1S/C29H23N3O/c1-21-3-2-4-28(17-21)32(27-13-15-29(33)16-14-27)26-11-7-22(8-12-26)5-9-24-18-23(19-30)6-10-25(24)20-31/h2-16,18,21,33H,17H2,1H3. The van der Waals surface area contributed by atoms with E-state index >= 15 is 0 Å². The monoisotopic (exact) mass is 429 g/mol. The van der Waals surface area contributed by atoms with E-state index in [4.69, 9.17) is 5.26 Å². The van der Waals surface area contributed by atoms with E-state index in [1.165, 1.54) is 5.70 Å². The van der Waals surface area contributed by atoms with E-state index in [2.05, 4.69) is 54.3 Å². The molecule has 0 bridgehead atoms. The van der Waals surface area contributed by atoms with Crippen molar-refractivity contribution in [1.82, 2.24) is 0 Å². The highest BCUT2D eigenvalue weighted by Gasteiger charge is 2.18. The maximum Gasteiger partial charge on any atom is 0.115 e. The Morgan fingerprint density at radius 3 is 2.24 bits per heavy atom. The average Bonchev–Trinajstić information content (AvgIpc) is 2.85. The molecule has 0 heterocycles. The summed E-state index contributed by atoms with van der Waals surface area (Å²) >= 11 is 0. The minimum Gasteiger partial charge on any atom is -0.508 e. The van der Waals surface area contributed by atoms with Crippen LogP contribution in [0.15, 0.2) is 90.7 Å². The first-order valence-corrected chi connectivity index (χ1v) is 10.8. The maximum atomic E-state index is 9.73. The van der Waals surface area contributed by atoms with Crippen LogP contribution < -0.4 is 4.90 Å². The molecule has 4 nitrogen and oxygen atoms in total. The second-order valence-corrected chi connectivity index (χ2v) is 8.03. The second kappa shape index (κ2) is 9.73. The Labute approximate surface area is 194 Å². The van der Waals surface area contributed by atoms with Crippen LogP contribution in [0.1, 0.15) is 35.6 Å². The van der Waals surface area contributed by atoms with Gasteiger partial charge in [-0.15, -0.1) is 0 Å². The SMILES string of the molecule is CC1C=CC=C(N(c2ccc(O)cc2)c2ccc(C=Cc3cc(C#N)ccc3C#N)cc2)C1. The molecule has 1 unspecified atom stereocenters. The number of hydrogen-bond acceptors (Lipinski definition) is 4. The van der Waals surface area contributed by atoms with Crippen LogP contribution in [0.2, 0.25) is 0 Å². The zero-order chi connectivity index (χ0) is 23.2. The molecule has 0 amide bonds. The number of hydrogen-bond donors (Lipinski definition) is 1. The molecule has 0 aliphatic heterocycles. The van der Waals surface area contributed by atoms with Gasteiger partial charge in [-0.25, -0.2) is 0 Å². The van der Waals surface area contributed by atoms with Crippen molar-refractivity contribution in [2.24, 2.45) is 5.92 Å². The maximum absolute atomic E-state index is 9.73. The fraction of sp³-hybridized carbons (Fsp3) is 0.103. The quantitative estimate of drug-likeness (QED) is 0.447. The van der Waals surface area contributed by atoms with Gasteiger partial charge in [0.25, 0.3) is 0 Å². The molecule has 3 aromatic carbocycles. The fourth-order valence-electron chi connectivity index (χ4n) is 3.86. The normalized spacial score (nSPS) is 15.0. The van der Waals surface area contributed by atoms with Crippen molar-refractivity contribution in [2.45, 2.75) is 13.3 Å². The lowest BCUT2D eigenvalue weighted by Crippen LogP contribution is -2.19. The zero-order valence-corrected chi connectivity index (χ0v) is 18.3. The molecular formula is C29H23N3O. The molecule has 0 fully saturated rings. The van der Waals surface area contributed by atoms with Crippen LogP contribution in [0.4, 0.5) is 11.4 Å². The first-order valence-electron chi connectivity index (χ1n) is 10.8. The molecule has 4 rings (SSSR count). The lowest BCUT2D eigenvalue weighted by molar-refractivity contribution is 0.475. The summed E-state index contributed by atoms with van der Waals surface area (Å²) in [6.45, 7) is 2.20. The van der Waals surface area contributed by atoms with E-state index in [1.54, 1.807) is 30.3 Å². The minimum atomic E-state index is 0.238. The van der Waals surface area contributed by atoms with Gasteiger partial charge >= 0.3 is 0 Å². The van der Waals surface area contributed by atoms with Crippen molar-refractivity contribution in [3.05, 3.63) is 113 Å². The van der Waals surface area contributed by atoms with Gasteiger partial charge < -0.3 is 10.0 Å². The summed E-state index contributed by atoms with van der Waals surface area (Å²) in [5.41, 5.74) is 5.96. The molecule has 0 aromatic heterocycles. The van der Waals surface area contributed by atoms with Crippen molar-refractivity contribution in [3.8, 4) is 17.9 Å². The Balaban J connectivity index is 1.65. The van der Waals surface area contributed by atoms with Crippen molar-refractivity contribution in [3.63, 3.8) is 0 Å². The van der Waals surface area contributed by atoms with Crippen LogP contribution in [0.3, 0.4) is 0 Å². The number of nitrogens with zero attached hydrogens (tertiary/aromatic N) is 3. The lowest BCUT2D eigenvalue weighted by Gasteiger charge is -2.30. The van der Waals surface area contributed by atoms with Crippen molar-refractivity contribution in [2.75, 3.05) is 4.90 Å². The summed E-state index contributed by atoms with van der Waals surface area (Å²) in [4.78, 5) is 2.21. The van der Waals surface area contributed by atoms with Gasteiger partial charge in [0, 0.05) is 17.1 Å². The molecule has 4 heteroatoms. The van der Waals surface area contributed by atoms with Gasteiger partial charge in [-0.1, -0.05) is 43.4 Å². The fourth-order valence-corrected chi connectivity index (χ4v) is 3.86. The van der Waals surface area contributed by atoms with Gasteiger partial charge in [-0.05, 0) is 84.1 Å². The van der Waals surface area contributed by atoms with Crippen LogP contribution in [0.25, 0.3) is 12.2 Å². The Morgan fingerprint density at radius 2 is 1.61 bits per heavy atom. The Hall–Kier alpha value is -4.54. The predicted molar refractivity (Wildman–Crippen MR) is 132 cm³/mol. The molecule has 3 aromatic rings. The number of phenols is 1. The van der Waals surface area contributed by atoms with E-state index in [9.17, 15) is 10.4 Å². The first kappa shape index (κ1) is 21.7. The first-order chi connectivity index (χ1) is 16.1. The van der Waals surface area contributed by atoms with Crippen LogP contribution in [-0.2, 0) is 0 Å². The third-order valence-electron chi connectivity index (χ3n) is 5.56. The van der Waals surface area contributed by atoms with Crippen molar-refractivity contribution >= 4 is 23.5 Å². The zero-order valence-electron chi connectivity index (χ0n) is 18.3. The number of allylic oxidation sites excluding steroid dienone is 4. The molecule has 0 saturated carbocycles. The molecule has 0 spiro atoms. The van der Waals surface area contributed by atoms with E-state index in [0.717, 1.165) is 28.9 Å². The summed E-state index contributed by atoms with van der Waals surface area (Å²) in [5, 5.41) is 28.2. The van der Waals surface area contributed by atoms with E-state index in [1.807, 2.05) is 36.4 Å². The van der Waals surface area contributed by atoms with Gasteiger partial charge in [0.2, 0.25) is 0 Å². The number of anilines is 2. The van der Waals surface area contributed by atoms with Crippen LogP contribution in [-0.4, -0.2) is 5.11 Å². The average molecular weight is 430 g/mol.